The fraction of sp³-hybridized carbons (Fsp3) is 0.200. The summed E-state index contributed by atoms with van der Waals surface area (Å²) < 4.78 is 5.11. The molecule has 21 heavy (non-hydrogen) atoms. The van der Waals surface area contributed by atoms with Gasteiger partial charge >= 0.3 is 0 Å². The van der Waals surface area contributed by atoms with Crippen molar-refractivity contribution in [3.63, 3.8) is 0 Å². The summed E-state index contributed by atoms with van der Waals surface area (Å²) >= 11 is 1.59. The molecule has 3 heterocycles. The second kappa shape index (κ2) is 4.66. The van der Waals surface area contributed by atoms with Crippen LogP contribution in [0.1, 0.15) is 16.8 Å². The summed E-state index contributed by atoms with van der Waals surface area (Å²) in [5.41, 5.74) is 2.08. The average Bonchev–Trinajstić information content (AvgIpc) is 3.15. The number of aromatic nitrogens is 2. The molecule has 0 bridgehead atoms. The number of para-hydroxylation sites is 1. The Morgan fingerprint density at radius 2 is 2.24 bits per heavy atom. The Labute approximate surface area is 125 Å². The van der Waals surface area contributed by atoms with Crippen LogP contribution < -0.4 is 4.90 Å². The van der Waals surface area contributed by atoms with Crippen molar-refractivity contribution in [2.45, 2.75) is 12.3 Å². The van der Waals surface area contributed by atoms with Gasteiger partial charge in [0.1, 0.15) is 11.1 Å². The van der Waals surface area contributed by atoms with Crippen LogP contribution in [-0.2, 0) is 4.79 Å². The minimum atomic E-state index is -0.0885. The zero-order chi connectivity index (χ0) is 14.4. The Hall–Kier alpha value is -2.21. The molecule has 1 amide bonds. The van der Waals surface area contributed by atoms with Gasteiger partial charge in [-0.05, 0) is 24.4 Å². The number of aromatic amines is 1. The van der Waals surface area contributed by atoms with Gasteiger partial charge in [0.25, 0.3) is 0 Å². The molecule has 0 radical (unpaired) electrons. The van der Waals surface area contributed by atoms with E-state index in [0.717, 1.165) is 16.6 Å². The third-order valence-electron chi connectivity index (χ3n) is 3.55. The van der Waals surface area contributed by atoms with Crippen LogP contribution in [0.5, 0.6) is 0 Å². The standard InChI is InChI=1S/C15H13N3O2S/c1-9-6-13(17-20-9)18-14(19)8-21-15(18)12-7-10-4-2-3-5-11(10)16-12/h2-7,15-16H,8H2,1H3. The third kappa shape index (κ3) is 2.03. The summed E-state index contributed by atoms with van der Waals surface area (Å²) in [7, 11) is 0. The smallest absolute Gasteiger partial charge is 0.239 e. The van der Waals surface area contributed by atoms with Crippen LogP contribution in [0.3, 0.4) is 0 Å². The number of amides is 1. The summed E-state index contributed by atoms with van der Waals surface area (Å²) in [5.74, 6) is 1.78. The van der Waals surface area contributed by atoms with E-state index < -0.39 is 0 Å². The first-order chi connectivity index (χ1) is 10.2. The molecule has 1 aliphatic rings. The summed E-state index contributed by atoms with van der Waals surface area (Å²) in [6, 6.07) is 12.0. The van der Waals surface area contributed by atoms with Gasteiger partial charge in [-0.2, -0.15) is 0 Å². The monoisotopic (exact) mass is 299 g/mol. The minimum absolute atomic E-state index is 0.0527. The Kier molecular flexibility index (Phi) is 2.78. The number of nitrogens with zero attached hydrogens (tertiary/aromatic N) is 2. The van der Waals surface area contributed by atoms with E-state index in [0.29, 0.717) is 17.3 Å². The highest BCUT2D eigenvalue weighted by Gasteiger charge is 2.36. The lowest BCUT2D eigenvalue weighted by Gasteiger charge is -2.19. The molecular weight excluding hydrogens is 286 g/mol. The second-order valence-corrected chi connectivity index (χ2v) is 6.10. The Bertz CT molecular complexity index is 790. The molecule has 1 fully saturated rings. The molecule has 0 aliphatic carbocycles. The van der Waals surface area contributed by atoms with E-state index in [-0.39, 0.29) is 11.3 Å². The van der Waals surface area contributed by atoms with E-state index in [4.69, 9.17) is 4.52 Å². The van der Waals surface area contributed by atoms with Gasteiger partial charge < -0.3 is 9.51 Å². The lowest BCUT2D eigenvalue weighted by atomic mass is 10.2. The summed E-state index contributed by atoms with van der Waals surface area (Å²) in [5, 5.41) is 5.03. The molecule has 106 valence electrons. The number of hydrogen-bond donors (Lipinski definition) is 1. The number of H-pyrrole nitrogens is 1. The second-order valence-electron chi connectivity index (χ2n) is 5.03. The number of thioether (sulfide) groups is 1. The SMILES string of the molecule is Cc1cc(N2C(=O)CSC2c2cc3ccccc3[nH]2)no1. The maximum Gasteiger partial charge on any atom is 0.239 e. The number of carbonyl (C=O) groups excluding carboxylic acids is 1. The molecule has 4 rings (SSSR count). The van der Waals surface area contributed by atoms with E-state index in [1.54, 1.807) is 22.7 Å². The van der Waals surface area contributed by atoms with Crippen molar-refractivity contribution in [2.24, 2.45) is 0 Å². The van der Waals surface area contributed by atoms with Crippen molar-refractivity contribution in [3.8, 4) is 0 Å². The number of carbonyl (C=O) groups is 1. The Morgan fingerprint density at radius 3 is 3.00 bits per heavy atom. The van der Waals surface area contributed by atoms with Crippen LogP contribution in [0, 0.1) is 6.92 Å². The lowest BCUT2D eigenvalue weighted by molar-refractivity contribution is -0.115. The normalized spacial score (nSPS) is 18.8. The van der Waals surface area contributed by atoms with Crippen LogP contribution in [0.2, 0.25) is 0 Å². The highest BCUT2D eigenvalue weighted by atomic mass is 32.2. The quantitative estimate of drug-likeness (QED) is 0.789. The van der Waals surface area contributed by atoms with Gasteiger partial charge in [-0.15, -0.1) is 11.8 Å². The fourth-order valence-corrected chi connectivity index (χ4v) is 3.72. The predicted molar refractivity (Wildman–Crippen MR) is 82.2 cm³/mol. The van der Waals surface area contributed by atoms with Crippen molar-refractivity contribution >= 4 is 34.4 Å². The lowest BCUT2D eigenvalue weighted by Crippen LogP contribution is -2.28. The van der Waals surface area contributed by atoms with Gasteiger partial charge in [0.15, 0.2) is 5.82 Å². The fourth-order valence-electron chi connectivity index (χ4n) is 2.60. The van der Waals surface area contributed by atoms with Crippen molar-refractivity contribution < 1.29 is 9.32 Å². The average molecular weight is 299 g/mol. The number of aryl methyl sites for hydroxylation is 1. The van der Waals surface area contributed by atoms with Crippen LogP contribution in [-0.4, -0.2) is 21.8 Å². The molecule has 1 atom stereocenters. The van der Waals surface area contributed by atoms with Gasteiger partial charge in [0, 0.05) is 17.3 Å². The number of nitrogens with one attached hydrogen (secondary N) is 1. The molecule has 5 nitrogen and oxygen atoms in total. The highest BCUT2D eigenvalue weighted by molar-refractivity contribution is 8.00. The third-order valence-corrected chi connectivity index (χ3v) is 4.74. The number of fused-ring (bicyclic) bond motifs is 1. The highest BCUT2D eigenvalue weighted by Crippen LogP contribution is 2.41. The molecule has 2 aromatic heterocycles. The van der Waals surface area contributed by atoms with Gasteiger partial charge in [0.05, 0.1) is 5.75 Å². The maximum absolute atomic E-state index is 12.2. The van der Waals surface area contributed by atoms with Crippen molar-refractivity contribution in [2.75, 3.05) is 10.7 Å². The molecule has 1 aliphatic heterocycles. The summed E-state index contributed by atoms with van der Waals surface area (Å²) in [4.78, 5) is 17.3. The van der Waals surface area contributed by atoms with E-state index >= 15 is 0 Å². The topological polar surface area (TPSA) is 62.1 Å². The molecule has 3 aromatic rings. The van der Waals surface area contributed by atoms with E-state index in [1.807, 2.05) is 25.1 Å². The largest absolute Gasteiger partial charge is 0.360 e. The zero-order valence-electron chi connectivity index (χ0n) is 11.4. The molecule has 6 heteroatoms. The summed E-state index contributed by atoms with van der Waals surface area (Å²) in [6.45, 7) is 1.82. The van der Waals surface area contributed by atoms with Gasteiger partial charge in [0.2, 0.25) is 5.91 Å². The van der Waals surface area contributed by atoms with E-state index in [1.165, 1.54) is 0 Å². The van der Waals surface area contributed by atoms with E-state index in [2.05, 4.69) is 22.3 Å². The molecular formula is C15H13N3O2S. The Balaban J connectivity index is 1.77. The van der Waals surface area contributed by atoms with Gasteiger partial charge in [-0.25, -0.2) is 0 Å². The first kappa shape index (κ1) is 12.5. The van der Waals surface area contributed by atoms with Crippen LogP contribution >= 0.6 is 11.8 Å². The Morgan fingerprint density at radius 1 is 1.38 bits per heavy atom. The first-order valence-electron chi connectivity index (χ1n) is 6.67. The minimum Gasteiger partial charge on any atom is -0.360 e. The zero-order valence-corrected chi connectivity index (χ0v) is 12.2. The molecule has 0 spiro atoms. The molecule has 1 aromatic carbocycles. The van der Waals surface area contributed by atoms with Crippen molar-refractivity contribution in [1.29, 1.82) is 0 Å². The molecule has 1 unspecified atom stereocenters. The van der Waals surface area contributed by atoms with Crippen LogP contribution in [0.4, 0.5) is 5.82 Å². The number of benzene rings is 1. The molecule has 0 saturated carbocycles. The predicted octanol–water partition coefficient (Wildman–Crippen LogP) is 3.24. The maximum atomic E-state index is 12.2. The van der Waals surface area contributed by atoms with Crippen molar-refractivity contribution in [1.82, 2.24) is 10.1 Å². The number of anilines is 1. The molecule has 1 N–H and O–H groups in total. The van der Waals surface area contributed by atoms with Crippen LogP contribution in [0.15, 0.2) is 40.9 Å². The van der Waals surface area contributed by atoms with E-state index in [9.17, 15) is 4.79 Å². The number of rotatable bonds is 2. The van der Waals surface area contributed by atoms with Crippen molar-refractivity contribution in [3.05, 3.63) is 47.9 Å². The number of hydrogen-bond acceptors (Lipinski definition) is 4. The van der Waals surface area contributed by atoms with Gasteiger partial charge in [-0.3, -0.25) is 9.69 Å². The van der Waals surface area contributed by atoms with Crippen LogP contribution in [0.25, 0.3) is 10.9 Å². The molecule has 1 saturated heterocycles. The first-order valence-corrected chi connectivity index (χ1v) is 7.72. The summed E-state index contributed by atoms with van der Waals surface area (Å²) in [6.07, 6.45) is 0. The van der Waals surface area contributed by atoms with Gasteiger partial charge in [-0.1, -0.05) is 23.4 Å².